The van der Waals surface area contributed by atoms with Gasteiger partial charge in [0.1, 0.15) is 0 Å². The molecule has 2 aliphatic rings. The minimum absolute atomic E-state index is 0.0217. The number of aliphatic carboxylic acids is 1. The van der Waals surface area contributed by atoms with Gasteiger partial charge in [0.15, 0.2) is 0 Å². The monoisotopic (exact) mass is 236 g/mol. The van der Waals surface area contributed by atoms with Gasteiger partial charge in [0.05, 0.1) is 6.42 Å². The highest BCUT2D eigenvalue weighted by Gasteiger charge is 2.47. The number of hydrogen-bond donors (Lipinski definition) is 1. The predicted octanol–water partition coefficient (Wildman–Crippen LogP) is 3.13. The van der Waals surface area contributed by atoms with Crippen LogP contribution in [0.15, 0.2) is 6.07 Å². The molecule has 3 heteroatoms. The second-order valence-electron chi connectivity index (χ2n) is 5.12. The summed E-state index contributed by atoms with van der Waals surface area (Å²) in [7, 11) is 0. The summed E-state index contributed by atoms with van der Waals surface area (Å²) in [6.45, 7) is 0. The maximum Gasteiger partial charge on any atom is 0.304 e. The first kappa shape index (κ1) is 10.3. The largest absolute Gasteiger partial charge is 0.481 e. The molecule has 0 atom stereocenters. The lowest BCUT2D eigenvalue weighted by Gasteiger charge is -2.08. The van der Waals surface area contributed by atoms with Crippen LogP contribution in [-0.4, -0.2) is 11.1 Å². The van der Waals surface area contributed by atoms with Gasteiger partial charge in [-0.2, -0.15) is 0 Å². The third-order valence-corrected chi connectivity index (χ3v) is 5.35. The van der Waals surface area contributed by atoms with Crippen molar-refractivity contribution in [2.45, 2.75) is 50.4 Å². The first-order valence-corrected chi connectivity index (χ1v) is 6.85. The molecule has 1 aromatic heterocycles. The van der Waals surface area contributed by atoms with Crippen molar-refractivity contribution in [3.63, 3.8) is 0 Å². The fourth-order valence-corrected chi connectivity index (χ4v) is 4.20. The molecule has 2 aliphatic carbocycles. The van der Waals surface area contributed by atoms with Crippen LogP contribution < -0.4 is 0 Å². The Balaban J connectivity index is 1.89. The molecule has 1 heterocycles. The summed E-state index contributed by atoms with van der Waals surface area (Å²) >= 11 is 1.88. The van der Waals surface area contributed by atoms with E-state index in [4.69, 9.17) is 5.11 Å². The quantitative estimate of drug-likeness (QED) is 0.875. The number of fused-ring (bicyclic) bond motifs is 1. The van der Waals surface area contributed by atoms with Crippen LogP contribution in [0.4, 0.5) is 0 Å². The minimum atomic E-state index is -0.649. The van der Waals surface area contributed by atoms with E-state index in [-0.39, 0.29) is 5.41 Å². The summed E-state index contributed by atoms with van der Waals surface area (Å²) in [4.78, 5) is 13.8. The first-order chi connectivity index (χ1) is 7.70. The molecule has 1 saturated carbocycles. The van der Waals surface area contributed by atoms with Gasteiger partial charge in [0.25, 0.3) is 0 Å². The van der Waals surface area contributed by atoms with Crippen molar-refractivity contribution in [2.75, 3.05) is 0 Å². The topological polar surface area (TPSA) is 37.3 Å². The Morgan fingerprint density at radius 3 is 2.75 bits per heavy atom. The third kappa shape index (κ3) is 1.67. The Hall–Kier alpha value is -0.830. The normalized spacial score (nSPS) is 21.5. The number of carboxylic acid groups (broad SMARTS) is 1. The van der Waals surface area contributed by atoms with Crippen molar-refractivity contribution < 1.29 is 9.90 Å². The third-order valence-electron chi connectivity index (χ3n) is 3.86. The van der Waals surface area contributed by atoms with Gasteiger partial charge >= 0.3 is 5.97 Å². The van der Waals surface area contributed by atoms with Gasteiger partial charge in [0.2, 0.25) is 0 Å². The van der Waals surface area contributed by atoms with E-state index in [1.807, 2.05) is 11.3 Å². The van der Waals surface area contributed by atoms with Crippen molar-refractivity contribution in [1.82, 2.24) is 0 Å². The number of hydrogen-bond acceptors (Lipinski definition) is 2. The highest BCUT2D eigenvalue weighted by atomic mass is 32.1. The summed E-state index contributed by atoms with van der Waals surface area (Å²) in [5.41, 5.74) is 1.52. The molecule has 0 aliphatic heterocycles. The van der Waals surface area contributed by atoms with Crippen molar-refractivity contribution in [3.05, 3.63) is 21.4 Å². The van der Waals surface area contributed by atoms with E-state index in [1.54, 1.807) is 0 Å². The van der Waals surface area contributed by atoms with E-state index < -0.39 is 5.97 Å². The zero-order valence-corrected chi connectivity index (χ0v) is 10.1. The number of thiophene rings is 1. The molecular formula is C13H16O2S. The maximum atomic E-state index is 10.9. The summed E-state index contributed by atoms with van der Waals surface area (Å²) in [6, 6.07) is 2.30. The molecule has 3 rings (SSSR count). The van der Waals surface area contributed by atoms with Crippen molar-refractivity contribution in [1.29, 1.82) is 0 Å². The Kier molecular flexibility index (Phi) is 2.32. The zero-order valence-electron chi connectivity index (χ0n) is 9.29. The lowest BCUT2D eigenvalue weighted by Crippen LogP contribution is -2.11. The number of rotatable bonds is 3. The molecular weight excluding hydrogens is 220 g/mol. The Bertz CT molecular complexity index is 406. The number of aryl methyl sites for hydroxylation is 2. The maximum absolute atomic E-state index is 10.9. The lowest BCUT2D eigenvalue weighted by atomic mass is 9.95. The molecule has 0 spiro atoms. The second-order valence-corrected chi connectivity index (χ2v) is 6.25. The van der Waals surface area contributed by atoms with Crippen LogP contribution in [0.25, 0.3) is 0 Å². The zero-order chi connectivity index (χ0) is 11.2. The van der Waals surface area contributed by atoms with Crippen LogP contribution in [0.3, 0.4) is 0 Å². The van der Waals surface area contributed by atoms with E-state index in [9.17, 15) is 4.79 Å². The summed E-state index contributed by atoms with van der Waals surface area (Å²) in [6.07, 6.45) is 7.48. The van der Waals surface area contributed by atoms with Gasteiger partial charge in [-0.1, -0.05) is 0 Å². The number of carbonyl (C=O) groups is 1. The Morgan fingerprint density at radius 1 is 1.38 bits per heavy atom. The molecule has 1 N–H and O–H groups in total. The Labute approximate surface area is 99.3 Å². The summed E-state index contributed by atoms with van der Waals surface area (Å²) in [5, 5.41) is 8.96. The van der Waals surface area contributed by atoms with Crippen LogP contribution in [0, 0.1) is 0 Å². The molecule has 0 amide bonds. The van der Waals surface area contributed by atoms with Gasteiger partial charge in [0, 0.05) is 15.2 Å². The van der Waals surface area contributed by atoms with Gasteiger partial charge < -0.3 is 5.11 Å². The highest BCUT2D eigenvalue weighted by Crippen LogP contribution is 2.54. The van der Waals surface area contributed by atoms with Gasteiger partial charge in [-0.3, -0.25) is 4.79 Å². The minimum Gasteiger partial charge on any atom is -0.481 e. The van der Waals surface area contributed by atoms with E-state index >= 15 is 0 Å². The molecule has 0 unspecified atom stereocenters. The van der Waals surface area contributed by atoms with E-state index in [2.05, 4.69) is 6.07 Å². The van der Waals surface area contributed by atoms with Crippen molar-refractivity contribution >= 4 is 17.3 Å². The molecule has 2 nitrogen and oxygen atoms in total. The molecule has 1 aromatic rings. The highest BCUT2D eigenvalue weighted by molar-refractivity contribution is 7.12. The average molecular weight is 236 g/mol. The van der Waals surface area contributed by atoms with Crippen molar-refractivity contribution in [3.8, 4) is 0 Å². The fourth-order valence-electron chi connectivity index (χ4n) is 2.70. The molecule has 86 valence electrons. The van der Waals surface area contributed by atoms with Crippen LogP contribution in [0.5, 0.6) is 0 Å². The summed E-state index contributed by atoms with van der Waals surface area (Å²) in [5.74, 6) is -0.649. The van der Waals surface area contributed by atoms with E-state index in [0.29, 0.717) is 6.42 Å². The summed E-state index contributed by atoms with van der Waals surface area (Å²) < 4.78 is 0. The molecule has 1 fully saturated rings. The van der Waals surface area contributed by atoms with Crippen molar-refractivity contribution in [2.24, 2.45) is 0 Å². The average Bonchev–Trinajstić information content (AvgIpc) is 2.89. The van der Waals surface area contributed by atoms with Gasteiger partial charge in [-0.25, -0.2) is 0 Å². The molecule has 0 saturated heterocycles. The standard InChI is InChI=1S/C13H16O2S/c14-12(15)8-13(5-6-13)11-7-9-3-1-2-4-10(9)16-11/h7H,1-6,8H2,(H,14,15). The van der Waals surface area contributed by atoms with Gasteiger partial charge in [-0.05, 0) is 50.2 Å². The number of carboxylic acids is 1. The predicted molar refractivity (Wildman–Crippen MR) is 64.1 cm³/mol. The molecule has 16 heavy (non-hydrogen) atoms. The van der Waals surface area contributed by atoms with Crippen LogP contribution in [-0.2, 0) is 23.1 Å². The van der Waals surface area contributed by atoms with E-state index in [0.717, 1.165) is 12.8 Å². The molecule has 0 radical (unpaired) electrons. The van der Waals surface area contributed by atoms with Crippen LogP contribution >= 0.6 is 11.3 Å². The Morgan fingerprint density at radius 2 is 2.12 bits per heavy atom. The van der Waals surface area contributed by atoms with E-state index in [1.165, 1.54) is 41.0 Å². The van der Waals surface area contributed by atoms with Gasteiger partial charge in [-0.15, -0.1) is 11.3 Å². The second kappa shape index (κ2) is 3.59. The molecule has 0 aromatic carbocycles. The van der Waals surface area contributed by atoms with Crippen LogP contribution in [0.1, 0.15) is 47.4 Å². The molecule has 0 bridgehead atoms. The SMILES string of the molecule is O=C(O)CC1(c2cc3c(s2)CCCC3)CC1. The fraction of sp³-hybridized carbons (Fsp3) is 0.615. The smallest absolute Gasteiger partial charge is 0.304 e. The first-order valence-electron chi connectivity index (χ1n) is 6.03. The van der Waals surface area contributed by atoms with Crippen LogP contribution in [0.2, 0.25) is 0 Å². The lowest BCUT2D eigenvalue weighted by molar-refractivity contribution is -0.137.